The van der Waals surface area contributed by atoms with Gasteiger partial charge in [-0.1, -0.05) is 37.4 Å². The SMILES string of the molecule is C[C@@H]1CCCC[C@@H]1NC(=O)c1cc2c(s1)-c1ccc(Cl)cc1S(=O)(=O)C2. The number of thiophene rings is 1. The highest BCUT2D eigenvalue weighted by Crippen LogP contribution is 2.43. The van der Waals surface area contributed by atoms with Crippen LogP contribution in [-0.4, -0.2) is 20.4 Å². The van der Waals surface area contributed by atoms with Crippen molar-refractivity contribution in [3.63, 3.8) is 0 Å². The van der Waals surface area contributed by atoms with Gasteiger partial charge in [-0.2, -0.15) is 0 Å². The second kappa shape index (κ2) is 6.66. The smallest absolute Gasteiger partial charge is 0.261 e. The molecule has 2 heterocycles. The maximum atomic E-state index is 12.7. The maximum Gasteiger partial charge on any atom is 0.261 e. The summed E-state index contributed by atoms with van der Waals surface area (Å²) in [5, 5.41) is 3.55. The number of nitrogens with one attached hydrogen (secondary N) is 1. The predicted octanol–water partition coefficient (Wildman–Crippen LogP) is 4.66. The zero-order valence-corrected chi connectivity index (χ0v) is 16.8. The highest BCUT2D eigenvalue weighted by molar-refractivity contribution is 7.91. The van der Waals surface area contributed by atoms with Crippen LogP contribution in [0.3, 0.4) is 0 Å². The number of benzene rings is 1. The summed E-state index contributed by atoms with van der Waals surface area (Å²) in [5.74, 6) is 0.292. The van der Waals surface area contributed by atoms with Crippen molar-refractivity contribution < 1.29 is 13.2 Å². The van der Waals surface area contributed by atoms with Gasteiger partial charge in [0.1, 0.15) is 0 Å². The minimum atomic E-state index is -3.44. The molecule has 2 aromatic rings. The van der Waals surface area contributed by atoms with Crippen LogP contribution in [0.4, 0.5) is 0 Å². The Kier molecular flexibility index (Phi) is 4.61. The monoisotopic (exact) mass is 409 g/mol. The Morgan fingerprint density at radius 3 is 2.77 bits per heavy atom. The van der Waals surface area contributed by atoms with Crippen LogP contribution in [0.25, 0.3) is 10.4 Å². The minimum absolute atomic E-state index is 0.0840. The summed E-state index contributed by atoms with van der Waals surface area (Å²) < 4.78 is 25.1. The molecular formula is C19H20ClNO3S2. The van der Waals surface area contributed by atoms with Crippen molar-refractivity contribution in [3.8, 4) is 10.4 Å². The lowest BCUT2D eigenvalue weighted by atomic mass is 9.86. The lowest BCUT2D eigenvalue weighted by Crippen LogP contribution is -2.40. The number of halogens is 1. The molecule has 1 aromatic carbocycles. The molecule has 1 aromatic heterocycles. The number of rotatable bonds is 2. The lowest BCUT2D eigenvalue weighted by Gasteiger charge is -2.29. The zero-order valence-electron chi connectivity index (χ0n) is 14.4. The first-order chi connectivity index (χ1) is 12.3. The van der Waals surface area contributed by atoms with Crippen LogP contribution in [0.2, 0.25) is 5.02 Å². The minimum Gasteiger partial charge on any atom is -0.348 e. The quantitative estimate of drug-likeness (QED) is 0.784. The molecular weight excluding hydrogens is 390 g/mol. The molecule has 0 unspecified atom stereocenters. The second-order valence-corrected chi connectivity index (χ2v) is 10.7. The highest BCUT2D eigenvalue weighted by atomic mass is 35.5. The van der Waals surface area contributed by atoms with Gasteiger partial charge in [-0.3, -0.25) is 4.79 Å². The van der Waals surface area contributed by atoms with E-state index in [2.05, 4.69) is 12.2 Å². The first-order valence-corrected chi connectivity index (χ1v) is 11.7. The van der Waals surface area contributed by atoms with E-state index in [0.717, 1.165) is 24.1 Å². The molecule has 1 fully saturated rings. The van der Waals surface area contributed by atoms with Gasteiger partial charge in [-0.15, -0.1) is 11.3 Å². The van der Waals surface area contributed by atoms with Crippen LogP contribution in [0, 0.1) is 5.92 Å². The maximum absolute atomic E-state index is 12.7. The van der Waals surface area contributed by atoms with Crippen LogP contribution in [0.15, 0.2) is 29.2 Å². The molecule has 0 spiro atoms. The third kappa shape index (κ3) is 3.19. The van der Waals surface area contributed by atoms with Gasteiger partial charge in [-0.25, -0.2) is 8.42 Å². The van der Waals surface area contributed by atoms with Crippen LogP contribution in [0.5, 0.6) is 0 Å². The number of carbonyl (C=O) groups excluding carboxylic acids is 1. The average molecular weight is 410 g/mol. The third-order valence-corrected chi connectivity index (χ3v) is 8.47. The van der Waals surface area contributed by atoms with E-state index in [4.69, 9.17) is 11.6 Å². The Balaban J connectivity index is 1.67. The van der Waals surface area contributed by atoms with Crippen LogP contribution in [-0.2, 0) is 15.6 Å². The molecule has 0 saturated heterocycles. The molecule has 138 valence electrons. The summed E-state index contributed by atoms with van der Waals surface area (Å²) in [6.07, 6.45) is 4.51. The molecule has 1 saturated carbocycles. The van der Waals surface area contributed by atoms with E-state index >= 15 is 0 Å². The van der Waals surface area contributed by atoms with Gasteiger partial charge in [0.15, 0.2) is 9.84 Å². The number of carbonyl (C=O) groups is 1. The fourth-order valence-corrected chi connectivity index (χ4v) is 6.99. The first kappa shape index (κ1) is 18.0. The van der Waals surface area contributed by atoms with Crippen molar-refractivity contribution in [1.82, 2.24) is 5.32 Å². The van der Waals surface area contributed by atoms with E-state index < -0.39 is 9.84 Å². The molecule has 2 atom stereocenters. The summed E-state index contributed by atoms with van der Waals surface area (Å²) in [4.78, 5) is 14.4. The number of hydrogen-bond donors (Lipinski definition) is 1. The molecule has 0 radical (unpaired) electrons. The zero-order chi connectivity index (χ0) is 18.5. The van der Waals surface area contributed by atoms with Crippen molar-refractivity contribution in [2.24, 2.45) is 5.92 Å². The van der Waals surface area contributed by atoms with Crippen molar-refractivity contribution in [2.45, 2.75) is 49.3 Å². The molecule has 4 rings (SSSR count). The molecule has 26 heavy (non-hydrogen) atoms. The Morgan fingerprint density at radius 2 is 2.00 bits per heavy atom. The number of hydrogen-bond acceptors (Lipinski definition) is 4. The van der Waals surface area contributed by atoms with Gasteiger partial charge in [0.25, 0.3) is 5.91 Å². The standard InChI is InChI=1S/C19H20ClNO3S2/c1-11-4-2-3-5-15(11)21-19(22)16-8-12-10-26(23,24)17-9-13(20)6-7-14(17)18(12)25-16/h6-9,11,15H,2-5,10H2,1H3,(H,21,22)/t11-,15+/m1/s1. The van der Waals surface area contributed by atoms with E-state index in [1.807, 2.05) is 0 Å². The second-order valence-electron chi connectivity index (χ2n) is 7.21. The Morgan fingerprint density at radius 1 is 1.23 bits per heavy atom. The van der Waals surface area contributed by atoms with Gasteiger partial charge >= 0.3 is 0 Å². The van der Waals surface area contributed by atoms with E-state index in [1.54, 1.807) is 18.2 Å². The summed E-state index contributed by atoms with van der Waals surface area (Å²) in [6, 6.07) is 6.85. The van der Waals surface area contributed by atoms with E-state index in [0.29, 0.717) is 26.9 Å². The largest absolute Gasteiger partial charge is 0.348 e. The van der Waals surface area contributed by atoms with Crippen molar-refractivity contribution in [3.05, 3.63) is 39.7 Å². The van der Waals surface area contributed by atoms with Crippen LogP contribution < -0.4 is 5.32 Å². The lowest BCUT2D eigenvalue weighted by molar-refractivity contribution is 0.0914. The molecule has 2 aliphatic rings. The molecule has 0 bridgehead atoms. The fourth-order valence-electron chi connectivity index (χ4n) is 3.87. The molecule has 1 aliphatic heterocycles. The Hall–Kier alpha value is -1.37. The van der Waals surface area contributed by atoms with Crippen molar-refractivity contribution in [1.29, 1.82) is 0 Å². The molecule has 1 amide bonds. The van der Waals surface area contributed by atoms with Gasteiger partial charge in [0.05, 0.1) is 15.5 Å². The number of sulfone groups is 1. The van der Waals surface area contributed by atoms with Gasteiger partial charge in [0, 0.05) is 21.5 Å². The Bertz CT molecular complexity index is 981. The first-order valence-electron chi connectivity index (χ1n) is 8.81. The fraction of sp³-hybridized carbons (Fsp3) is 0.421. The highest BCUT2D eigenvalue weighted by Gasteiger charge is 2.32. The normalized spacial score (nSPS) is 23.8. The molecule has 4 nitrogen and oxygen atoms in total. The van der Waals surface area contributed by atoms with Gasteiger partial charge < -0.3 is 5.32 Å². The number of fused-ring (bicyclic) bond motifs is 3. The molecule has 1 aliphatic carbocycles. The third-order valence-electron chi connectivity index (χ3n) is 5.33. The topological polar surface area (TPSA) is 63.2 Å². The van der Waals surface area contributed by atoms with Gasteiger partial charge in [0.2, 0.25) is 0 Å². The summed E-state index contributed by atoms with van der Waals surface area (Å²) in [7, 11) is -3.44. The van der Waals surface area contributed by atoms with Crippen molar-refractivity contribution in [2.75, 3.05) is 0 Å². The molecule has 7 heteroatoms. The van der Waals surface area contributed by atoms with Crippen LogP contribution >= 0.6 is 22.9 Å². The van der Waals surface area contributed by atoms with Gasteiger partial charge in [-0.05, 0) is 42.5 Å². The van der Waals surface area contributed by atoms with E-state index in [9.17, 15) is 13.2 Å². The Labute approximate surface area is 162 Å². The van der Waals surface area contributed by atoms with Crippen LogP contribution in [0.1, 0.15) is 47.8 Å². The summed E-state index contributed by atoms with van der Waals surface area (Å²) in [6.45, 7) is 2.18. The molecule has 1 N–H and O–H groups in total. The van der Waals surface area contributed by atoms with Crippen molar-refractivity contribution >= 4 is 38.7 Å². The summed E-state index contributed by atoms with van der Waals surface area (Å²) in [5.41, 5.74) is 1.34. The number of amides is 1. The van der Waals surface area contributed by atoms with E-state index in [1.165, 1.54) is 23.8 Å². The summed E-state index contributed by atoms with van der Waals surface area (Å²) >= 11 is 7.35. The van der Waals surface area contributed by atoms with E-state index in [-0.39, 0.29) is 22.6 Å². The average Bonchev–Trinajstić information content (AvgIpc) is 3.00. The predicted molar refractivity (Wildman–Crippen MR) is 105 cm³/mol.